The summed E-state index contributed by atoms with van der Waals surface area (Å²) >= 11 is 0. The number of hydrogen-bond donors (Lipinski definition) is 1. The highest BCUT2D eigenvalue weighted by molar-refractivity contribution is 7.90. The molecule has 0 bridgehead atoms. The average molecular weight is 315 g/mol. The smallest absolute Gasteiger partial charge is 0.175 e. The zero-order valence-corrected chi connectivity index (χ0v) is 12.7. The van der Waals surface area contributed by atoms with E-state index < -0.39 is 9.84 Å². The third kappa shape index (κ3) is 2.80. The zero-order valence-electron chi connectivity index (χ0n) is 11.9. The maximum atomic E-state index is 13.0. The van der Waals surface area contributed by atoms with E-state index in [1.165, 1.54) is 18.4 Å². The van der Waals surface area contributed by atoms with Crippen LogP contribution >= 0.6 is 0 Å². The minimum absolute atomic E-state index is 0.283. The van der Waals surface area contributed by atoms with E-state index in [9.17, 15) is 12.8 Å². The molecule has 3 rings (SSSR count). The zero-order chi connectivity index (χ0) is 15.7. The normalized spacial score (nSPS) is 11.5. The molecule has 0 spiro atoms. The molecule has 0 unspecified atom stereocenters. The Morgan fingerprint density at radius 1 is 0.864 bits per heavy atom. The lowest BCUT2D eigenvalue weighted by Crippen LogP contribution is -1.96. The van der Waals surface area contributed by atoms with Gasteiger partial charge in [-0.15, -0.1) is 0 Å². The van der Waals surface area contributed by atoms with Crippen LogP contribution in [0.3, 0.4) is 0 Å². The van der Waals surface area contributed by atoms with Gasteiger partial charge >= 0.3 is 0 Å². The van der Waals surface area contributed by atoms with Crippen molar-refractivity contribution in [2.45, 2.75) is 4.90 Å². The van der Waals surface area contributed by atoms with Crippen LogP contribution in [0.4, 0.5) is 4.39 Å². The van der Waals surface area contributed by atoms with Gasteiger partial charge in [0.25, 0.3) is 0 Å². The van der Waals surface area contributed by atoms with Crippen molar-refractivity contribution < 1.29 is 12.8 Å². The summed E-state index contributed by atoms with van der Waals surface area (Å²) in [5.74, 6) is -0.283. The number of aromatic amines is 1. The Morgan fingerprint density at radius 3 is 2.05 bits per heavy atom. The molecule has 0 radical (unpaired) electrons. The van der Waals surface area contributed by atoms with E-state index in [0.717, 1.165) is 22.4 Å². The van der Waals surface area contributed by atoms with Crippen LogP contribution in [-0.4, -0.2) is 19.7 Å². The molecule has 1 heterocycles. The van der Waals surface area contributed by atoms with Crippen LogP contribution in [0.15, 0.2) is 65.7 Å². The fourth-order valence-electron chi connectivity index (χ4n) is 2.35. The van der Waals surface area contributed by atoms with Crippen molar-refractivity contribution in [3.8, 4) is 22.4 Å². The number of nitrogens with one attached hydrogen (secondary N) is 1. The van der Waals surface area contributed by atoms with Gasteiger partial charge in [-0.1, -0.05) is 12.1 Å². The van der Waals surface area contributed by atoms with E-state index in [4.69, 9.17) is 0 Å². The van der Waals surface area contributed by atoms with Gasteiger partial charge in [0.05, 0.1) is 10.6 Å². The molecular weight excluding hydrogens is 301 g/mol. The number of sulfone groups is 1. The topological polar surface area (TPSA) is 49.9 Å². The molecule has 0 aliphatic carbocycles. The summed E-state index contributed by atoms with van der Waals surface area (Å²) in [6, 6.07) is 14.9. The molecule has 112 valence electrons. The molecule has 0 aliphatic rings. The van der Waals surface area contributed by atoms with Crippen molar-refractivity contribution in [2.75, 3.05) is 6.26 Å². The summed E-state index contributed by atoms with van der Waals surface area (Å²) in [7, 11) is -3.20. The van der Waals surface area contributed by atoms with Gasteiger partial charge in [-0.25, -0.2) is 12.8 Å². The molecule has 2 aromatic carbocycles. The summed E-state index contributed by atoms with van der Waals surface area (Å²) in [5, 5.41) is 0. The highest BCUT2D eigenvalue weighted by atomic mass is 32.2. The monoisotopic (exact) mass is 315 g/mol. The summed E-state index contributed by atoms with van der Waals surface area (Å²) in [5.41, 5.74) is 3.57. The predicted molar refractivity (Wildman–Crippen MR) is 84.7 cm³/mol. The number of rotatable bonds is 3. The van der Waals surface area contributed by atoms with Crippen LogP contribution in [0.2, 0.25) is 0 Å². The number of benzene rings is 2. The molecule has 1 N–H and O–H groups in total. The molecule has 3 aromatic rings. The molecule has 0 saturated carbocycles. The predicted octanol–water partition coefficient (Wildman–Crippen LogP) is 3.89. The van der Waals surface area contributed by atoms with Crippen molar-refractivity contribution in [1.82, 2.24) is 4.98 Å². The van der Waals surface area contributed by atoms with E-state index in [-0.39, 0.29) is 10.7 Å². The second-order valence-corrected chi connectivity index (χ2v) is 7.09. The Kier molecular flexibility index (Phi) is 3.58. The molecule has 0 aliphatic heterocycles. The summed E-state index contributed by atoms with van der Waals surface area (Å²) in [6.45, 7) is 0. The van der Waals surface area contributed by atoms with Crippen LogP contribution in [0.5, 0.6) is 0 Å². The molecule has 5 heteroatoms. The first kappa shape index (κ1) is 14.5. The third-order valence-corrected chi connectivity index (χ3v) is 4.60. The molecule has 1 aromatic heterocycles. The van der Waals surface area contributed by atoms with Crippen LogP contribution in [0, 0.1) is 5.82 Å². The first-order chi connectivity index (χ1) is 10.4. The van der Waals surface area contributed by atoms with Crippen molar-refractivity contribution in [3.05, 3.63) is 66.6 Å². The van der Waals surface area contributed by atoms with Crippen molar-refractivity contribution in [3.63, 3.8) is 0 Å². The Bertz CT molecular complexity index is 895. The van der Waals surface area contributed by atoms with Crippen LogP contribution in [-0.2, 0) is 9.84 Å². The minimum atomic E-state index is -3.20. The first-order valence-electron chi connectivity index (χ1n) is 6.69. The van der Waals surface area contributed by atoms with Gasteiger partial charge < -0.3 is 4.98 Å². The van der Waals surface area contributed by atoms with Crippen LogP contribution in [0.25, 0.3) is 22.4 Å². The molecule has 3 nitrogen and oxygen atoms in total. The number of halogens is 1. The maximum Gasteiger partial charge on any atom is 0.175 e. The lowest BCUT2D eigenvalue weighted by Gasteiger charge is -2.06. The molecule has 0 amide bonds. The van der Waals surface area contributed by atoms with E-state index in [0.29, 0.717) is 0 Å². The van der Waals surface area contributed by atoms with Gasteiger partial charge in [0.15, 0.2) is 9.84 Å². The van der Waals surface area contributed by atoms with Crippen molar-refractivity contribution >= 4 is 9.84 Å². The van der Waals surface area contributed by atoms with E-state index in [2.05, 4.69) is 4.98 Å². The van der Waals surface area contributed by atoms with Gasteiger partial charge in [-0.3, -0.25) is 0 Å². The van der Waals surface area contributed by atoms with E-state index >= 15 is 0 Å². The highest BCUT2D eigenvalue weighted by Crippen LogP contribution is 2.31. The van der Waals surface area contributed by atoms with Gasteiger partial charge in [-0.05, 0) is 53.6 Å². The first-order valence-corrected chi connectivity index (χ1v) is 8.58. The van der Waals surface area contributed by atoms with Crippen molar-refractivity contribution in [2.24, 2.45) is 0 Å². The lowest BCUT2D eigenvalue weighted by molar-refractivity contribution is 0.602. The number of H-pyrrole nitrogens is 1. The molecule has 0 atom stereocenters. The standard InChI is InChI=1S/C17H14FNO2S/c1-22(20,21)15-8-4-12(5-9-15)16-10-11-19-17(16)13-2-6-14(18)7-3-13/h2-11,19H,1H3. The third-order valence-electron chi connectivity index (χ3n) is 3.47. The summed E-state index contributed by atoms with van der Waals surface area (Å²) in [6.07, 6.45) is 2.99. The fraction of sp³-hybridized carbons (Fsp3) is 0.0588. The highest BCUT2D eigenvalue weighted by Gasteiger charge is 2.11. The van der Waals surface area contributed by atoms with E-state index in [1.54, 1.807) is 42.6 Å². The van der Waals surface area contributed by atoms with Crippen LogP contribution in [0.1, 0.15) is 0 Å². The van der Waals surface area contributed by atoms with E-state index in [1.807, 2.05) is 6.07 Å². The minimum Gasteiger partial charge on any atom is -0.361 e. The van der Waals surface area contributed by atoms with Gasteiger partial charge in [-0.2, -0.15) is 0 Å². The number of aromatic nitrogens is 1. The fourth-order valence-corrected chi connectivity index (χ4v) is 2.98. The van der Waals surface area contributed by atoms with Gasteiger partial charge in [0.2, 0.25) is 0 Å². The average Bonchev–Trinajstić information content (AvgIpc) is 2.97. The Hall–Kier alpha value is -2.40. The van der Waals surface area contributed by atoms with Gasteiger partial charge in [0, 0.05) is 18.0 Å². The maximum absolute atomic E-state index is 13.0. The molecule has 22 heavy (non-hydrogen) atoms. The molecule has 0 fully saturated rings. The van der Waals surface area contributed by atoms with Crippen molar-refractivity contribution in [1.29, 1.82) is 0 Å². The lowest BCUT2D eigenvalue weighted by atomic mass is 10.0. The SMILES string of the molecule is CS(=O)(=O)c1ccc(-c2cc[nH]c2-c2ccc(F)cc2)cc1. The summed E-state index contributed by atoms with van der Waals surface area (Å²) in [4.78, 5) is 3.43. The number of hydrogen-bond acceptors (Lipinski definition) is 2. The second-order valence-electron chi connectivity index (χ2n) is 5.07. The molecule has 0 saturated heterocycles. The summed E-state index contributed by atoms with van der Waals surface area (Å²) < 4.78 is 36.1. The largest absolute Gasteiger partial charge is 0.361 e. The van der Waals surface area contributed by atoms with Crippen LogP contribution < -0.4 is 0 Å². The Balaban J connectivity index is 2.03. The second kappa shape index (κ2) is 5.42. The Labute approximate surface area is 128 Å². The quantitative estimate of drug-likeness (QED) is 0.797. The Morgan fingerprint density at radius 2 is 1.45 bits per heavy atom. The molecular formula is C17H14FNO2S. The van der Waals surface area contributed by atoms with Gasteiger partial charge in [0.1, 0.15) is 5.82 Å².